The van der Waals surface area contributed by atoms with Crippen LogP contribution in [0.1, 0.15) is 21.9 Å². The predicted octanol–water partition coefficient (Wildman–Crippen LogP) is 4.69. The number of furan rings is 1. The molecule has 124 valence electrons. The van der Waals surface area contributed by atoms with Crippen LogP contribution < -0.4 is 5.32 Å². The van der Waals surface area contributed by atoms with Gasteiger partial charge in [-0.2, -0.15) is 0 Å². The van der Waals surface area contributed by atoms with Crippen LogP contribution in [0.25, 0.3) is 22.4 Å². The number of nitrogens with one attached hydrogen (secondary N) is 2. The van der Waals surface area contributed by atoms with Crippen molar-refractivity contribution in [1.29, 1.82) is 0 Å². The summed E-state index contributed by atoms with van der Waals surface area (Å²) in [5.41, 5.74) is 4.00. The highest BCUT2D eigenvalue weighted by Crippen LogP contribution is 2.23. The molecule has 2 N–H and O–H groups in total. The highest BCUT2D eigenvalue weighted by atomic mass is 16.3. The van der Waals surface area contributed by atoms with Gasteiger partial charge in [0.05, 0.1) is 16.6 Å². The first kappa shape index (κ1) is 15.2. The maximum absolute atomic E-state index is 12.4. The number of aromatic amines is 1. The molecule has 0 bridgehead atoms. The molecule has 0 radical (unpaired) electrons. The first-order chi connectivity index (χ1) is 12.1. The first-order valence-electron chi connectivity index (χ1n) is 8.04. The quantitative estimate of drug-likeness (QED) is 0.572. The summed E-state index contributed by atoms with van der Waals surface area (Å²) in [6.07, 6.45) is 0. The fourth-order valence-corrected chi connectivity index (χ4v) is 2.87. The van der Waals surface area contributed by atoms with Crippen molar-refractivity contribution < 1.29 is 9.21 Å². The minimum absolute atomic E-state index is 0.184. The van der Waals surface area contributed by atoms with Crippen LogP contribution >= 0.6 is 0 Å². The van der Waals surface area contributed by atoms with Gasteiger partial charge in [-0.05, 0) is 38.1 Å². The van der Waals surface area contributed by atoms with E-state index in [-0.39, 0.29) is 5.91 Å². The van der Waals surface area contributed by atoms with Gasteiger partial charge >= 0.3 is 0 Å². The number of rotatable bonds is 3. The number of nitrogens with zero attached hydrogens (tertiary/aromatic N) is 1. The zero-order valence-corrected chi connectivity index (χ0v) is 14.0. The van der Waals surface area contributed by atoms with Crippen molar-refractivity contribution in [3.8, 4) is 11.4 Å². The third kappa shape index (κ3) is 2.92. The minimum atomic E-state index is -0.184. The normalized spacial score (nSPS) is 11.0. The molecule has 2 heterocycles. The molecule has 0 aliphatic carbocycles. The van der Waals surface area contributed by atoms with Crippen LogP contribution in [0.3, 0.4) is 0 Å². The lowest BCUT2D eigenvalue weighted by molar-refractivity contribution is 0.102. The second-order valence-electron chi connectivity index (χ2n) is 5.96. The molecular weight excluding hydrogens is 314 g/mol. The van der Waals surface area contributed by atoms with Gasteiger partial charge < -0.3 is 14.7 Å². The Labute approximate surface area is 144 Å². The Balaban J connectivity index is 1.63. The summed E-state index contributed by atoms with van der Waals surface area (Å²) in [5.74, 6) is 1.96. The maximum atomic E-state index is 12.4. The van der Waals surface area contributed by atoms with E-state index < -0.39 is 0 Å². The van der Waals surface area contributed by atoms with Gasteiger partial charge in [-0.1, -0.05) is 30.3 Å². The largest absolute Gasteiger partial charge is 0.466 e. The Kier molecular flexibility index (Phi) is 3.61. The number of carbonyl (C=O) groups excluding carboxylic acids is 1. The predicted molar refractivity (Wildman–Crippen MR) is 97.7 cm³/mol. The molecule has 2 aromatic heterocycles. The second-order valence-corrected chi connectivity index (χ2v) is 5.96. The lowest BCUT2D eigenvalue weighted by Gasteiger charge is -2.04. The Morgan fingerprint density at radius 3 is 2.60 bits per heavy atom. The molecule has 25 heavy (non-hydrogen) atoms. The number of aryl methyl sites for hydroxylation is 2. The van der Waals surface area contributed by atoms with E-state index in [1.165, 1.54) is 0 Å². The topological polar surface area (TPSA) is 70.9 Å². The van der Waals surface area contributed by atoms with E-state index in [4.69, 9.17) is 4.42 Å². The van der Waals surface area contributed by atoms with E-state index in [0.29, 0.717) is 17.0 Å². The molecule has 0 aliphatic heterocycles. The number of H-pyrrole nitrogens is 1. The number of benzene rings is 2. The van der Waals surface area contributed by atoms with Crippen LogP contribution in [0.15, 0.2) is 59.0 Å². The summed E-state index contributed by atoms with van der Waals surface area (Å²) in [4.78, 5) is 20.3. The van der Waals surface area contributed by atoms with Gasteiger partial charge in [0.1, 0.15) is 17.3 Å². The van der Waals surface area contributed by atoms with Crippen LogP contribution in [0, 0.1) is 13.8 Å². The van der Waals surface area contributed by atoms with Gasteiger partial charge in [0.15, 0.2) is 0 Å². The Hall–Kier alpha value is -3.34. The molecule has 0 unspecified atom stereocenters. The van der Waals surface area contributed by atoms with Gasteiger partial charge in [-0.25, -0.2) is 4.98 Å². The molecule has 5 nitrogen and oxygen atoms in total. The smallest absolute Gasteiger partial charge is 0.259 e. The van der Waals surface area contributed by atoms with Crippen LogP contribution in [-0.2, 0) is 0 Å². The number of amides is 1. The summed E-state index contributed by atoms with van der Waals surface area (Å²) in [5, 5.41) is 2.91. The van der Waals surface area contributed by atoms with Gasteiger partial charge in [0, 0.05) is 11.3 Å². The number of aromatic nitrogens is 2. The molecule has 0 spiro atoms. The van der Waals surface area contributed by atoms with Gasteiger partial charge in [0.2, 0.25) is 0 Å². The van der Waals surface area contributed by atoms with Crippen molar-refractivity contribution in [2.24, 2.45) is 0 Å². The average Bonchev–Trinajstić information content (AvgIpc) is 3.18. The summed E-state index contributed by atoms with van der Waals surface area (Å²) in [7, 11) is 0. The van der Waals surface area contributed by atoms with E-state index in [1.807, 2.05) is 55.5 Å². The Morgan fingerprint density at radius 2 is 1.88 bits per heavy atom. The van der Waals surface area contributed by atoms with Gasteiger partial charge in [-0.15, -0.1) is 0 Å². The molecule has 0 aliphatic rings. The zero-order valence-electron chi connectivity index (χ0n) is 14.0. The number of imidazole rings is 1. The highest BCUT2D eigenvalue weighted by Gasteiger charge is 2.14. The monoisotopic (exact) mass is 331 g/mol. The number of carbonyl (C=O) groups is 1. The third-order valence-electron chi connectivity index (χ3n) is 4.07. The highest BCUT2D eigenvalue weighted by molar-refractivity contribution is 6.05. The molecular formula is C20H17N3O2. The lowest BCUT2D eigenvalue weighted by atomic mass is 10.2. The summed E-state index contributed by atoms with van der Waals surface area (Å²) in [6, 6.07) is 17.3. The summed E-state index contributed by atoms with van der Waals surface area (Å²) in [6.45, 7) is 3.61. The minimum Gasteiger partial charge on any atom is -0.466 e. The molecule has 0 atom stereocenters. The SMILES string of the molecule is Cc1cc(C(=O)Nc2ccc3nc(-c4ccccc4)[nH]c3c2)c(C)o1. The van der Waals surface area contributed by atoms with Crippen molar-refractivity contribution in [2.45, 2.75) is 13.8 Å². The molecule has 0 fully saturated rings. The van der Waals surface area contributed by atoms with Crippen LogP contribution in [-0.4, -0.2) is 15.9 Å². The van der Waals surface area contributed by atoms with E-state index in [0.717, 1.165) is 28.2 Å². The Bertz CT molecular complexity index is 1060. The number of anilines is 1. The van der Waals surface area contributed by atoms with Crippen molar-refractivity contribution in [3.63, 3.8) is 0 Å². The van der Waals surface area contributed by atoms with Crippen LogP contribution in [0.4, 0.5) is 5.69 Å². The number of hydrogen-bond donors (Lipinski definition) is 2. The third-order valence-corrected chi connectivity index (χ3v) is 4.07. The van der Waals surface area contributed by atoms with Crippen LogP contribution in [0.2, 0.25) is 0 Å². The number of fused-ring (bicyclic) bond motifs is 1. The van der Waals surface area contributed by atoms with Crippen molar-refractivity contribution in [1.82, 2.24) is 9.97 Å². The molecule has 4 rings (SSSR count). The van der Waals surface area contributed by atoms with Gasteiger partial charge in [-0.3, -0.25) is 4.79 Å². The molecule has 1 amide bonds. The van der Waals surface area contributed by atoms with Crippen molar-refractivity contribution in [3.05, 3.63) is 71.7 Å². The standard InChI is InChI=1S/C20H17N3O2/c1-12-10-16(13(2)25-12)20(24)21-15-8-9-17-18(11-15)23-19(22-17)14-6-4-3-5-7-14/h3-11H,1-2H3,(H,21,24)(H,22,23). The number of hydrogen-bond acceptors (Lipinski definition) is 3. The van der Waals surface area contributed by atoms with E-state index in [1.54, 1.807) is 13.0 Å². The molecule has 0 saturated carbocycles. The lowest BCUT2D eigenvalue weighted by Crippen LogP contribution is -2.11. The fraction of sp³-hybridized carbons (Fsp3) is 0.100. The maximum Gasteiger partial charge on any atom is 0.259 e. The fourth-order valence-electron chi connectivity index (χ4n) is 2.87. The summed E-state index contributed by atoms with van der Waals surface area (Å²) < 4.78 is 5.42. The zero-order chi connectivity index (χ0) is 17.4. The van der Waals surface area contributed by atoms with E-state index >= 15 is 0 Å². The first-order valence-corrected chi connectivity index (χ1v) is 8.04. The molecule has 4 aromatic rings. The van der Waals surface area contributed by atoms with Gasteiger partial charge in [0.25, 0.3) is 5.91 Å². The molecule has 5 heteroatoms. The molecule has 2 aromatic carbocycles. The van der Waals surface area contributed by atoms with E-state index in [9.17, 15) is 4.79 Å². The van der Waals surface area contributed by atoms with Crippen LogP contribution in [0.5, 0.6) is 0 Å². The molecule has 0 saturated heterocycles. The van der Waals surface area contributed by atoms with Crippen molar-refractivity contribution in [2.75, 3.05) is 5.32 Å². The van der Waals surface area contributed by atoms with E-state index in [2.05, 4.69) is 15.3 Å². The second kappa shape index (κ2) is 5.94. The Morgan fingerprint density at radius 1 is 1.08 bits per heavy atom. The summed E-state index contributed by atoms with van der Waals surface area (Å²) >= 11 is 0. The average molecular weight is 331 g/mol. The van der Waals surface area contributed by atoms with Crippen molar-refractivity contribution >= 4 is 22.6 Å².